The largest absolute Gasteiger partial charge is 0.428 e. The zero-order chi connectivity index (χ0) is 28.8. The van der Waals surface area contributed by atoms with Crippen LogP contribution in [-0.4, -0.2) is 68.5 Å². The van der Waals surface area contributed by atoms with Gasteiger partial charge in [-0.15, -0.1) is 0 Å². The highest BCUT2D eigenvalue weighted by Gasteiger charge is 2.47. The van der Waals surface area contributed by atoms with Crippen LogP contribution < -0.4 is 15.1 Å². The van der Waals surface area contributed by atoms with E-state index >= 15 is 0 Å². The van der Waals surface area contributed by atoms with Crippen molar-refractivity contribution >= 4 is 27.4 Å². The highest BCUT2D eigenvalue weighted by molar-refractivity contribution is 7.91. The van der Waals surface area contributed by atoms with Crippen molar-refractivity contribution in [2.75, 3.05) is 47.5 Å². The molecule has 1 aromatic carbocycles. The molecule has 1 N–H and O–H groups in total. The molecule has 2 aliphatic carbocycles. The molecule has 4 fully saturated rings. The van der Waals surface area contributed by atoms with Crippen molar-refractivity contribution in [3.63, 3.8) is 0 Å². The molecule has 12 heteroatoms. The Hall–Kier alpha value is -3.20. The average Bonchev–Trinajstić information content (AvgIpc) is 3.60. The fourth-order valence-corrected chi connectivity index (χ4v) is 7.51. The fraction of sp³-hybridized carbons (Fsp3) is 0.621. The van der Waals surface area contributed by atoms with Gasteiger partial charge in [-0.1, -0.05) is 31.0 Å². The topological polar surface area (TPSA) is 120 Å². The molecule has 41 heavy (non-hydrogen) atoms. The van der Waals surface area contributed by atoms with Crippen molar-refractivity contribution in [3.8, 4) is 17.3 Å². The Morgan fingerprint density at radius 2 is 1.71 bits per heavy atom. The van der Waals surface area contributed by atoms with E-state index < -0.39 is 27.2 Å². The third kappa shape index (κ3) is 5.78. The number of nitriles is 1. The van der Waals surface area contributed by atoms with Gasteiger partial charge in [-0.2, -0.15) is 10.2 Å². The van der Waals surface area contributed by atoms with E-state index in [2.05, 4.69) is 11.4 Å². The molecule has 0 bridgehead atoms. The SMILES string of the molecule is N#CC1(NC(=O)[C@@H]2CCCC[C@H]2c2oc(N3CCC(F)(F)CC3)nc2-c2ccccc2N2CCS(=O)(=O)CC2)CC1. The Morgan fingerprint density at radius 1 is 1.02 bits per heavy atom. The van der Waals surface area contributed by atoms with Gasteiger partial charge in [-0.3, -0.25) is 4.79 Å². The predicted molar refractivity (Wildman–Crippen MR) is 150 cm³/mol. The smallest absolute Gasteiger partial charge is 0.298 e. The molecule has 0 spiro atoms. The van der Waals surface area contributed by atoms with Crippen molar-refractivity contribution in [2.24, 2.45) is 5.92 Å². The van der Waals surface area contributed by atoms with E-state index in [0.717, 1.165) is 24.1 Å². The van der Waals surface area contributed by atoms with Crippen LogP contribution in [0.15, 0.2) is 28.7 Å². The lowest BCUT2D eigenvalue weighted by atomic mass is 9.76. The van der Waals surface area contributed by atoms with Crippen LogP contribution in [0, 0.1) is 17.2 Å². The van der Waals surface area contributed by atoms with Gasteiger partial charge in [-0.05, 0) is 31.7 Å². The lowest BCUT2D eigenvalue weighted by Gasteiger charge is -2.32. The van der Waals surface area contributed by atoms with E-state index in [0.29, 0.717) is 50.2 Å². The monoisotopic (exact) mass is 587 g/mol. The standard InChI is InChI=1S/C29H35F2N5O4S/c30-29(31)11-13-36(14-12-29)27-33-24(22-7-3-4-8-23(22)35-15-17-41(38,39)18-16-35)25(40-27)20-5-1-2-6-21(20)26(37)34-28(19-32)9-10-28/h3-4,7-8,20-21H,1-2,5-6,9-18H2,(H,34,37)/t20-,21-/m1/s1. The summed E-state index contributed by atoms with van der Waals surface area (Å²) in [5, 5.41) is 12.5. The first-order chi connectivity index (χ1) is 19.6. The zero-order valence-corrected chi connectivity index (χ0v) is 23.8. The molecule has 220 valence electrons. The first-order valence-corrected chi connectivity index (χ1v) is 16.3. The number of benzene rings is 1. The molecule has 4 aliphatic rings. The van der Waals surface area contributed by atoms with Crippen molar-refractivity contribution in [1.82, 2.24) is 10.3 Å². The molecule has 2 saturated heterocycles. The van der Waals surface area contributed by atoms with E-state index in [1.165, 1.54) is 0 Å². The summed E-state index contributed by atoms with van der Waals surface area (Å²) < 4.78 is 58.6. The Balaban J connectivity index is 1.39. The van der Waals surface area contributed by atoms with Crippen LogP contribution in [0.5, 0.6) is 0 Å². The third-order valence-corrected chi connectivity index (χ3v) is 10.6. The maximum Gasteiger partial charge on any atom is 0.298 e. The number of nitrogens with zero attached hydrogens (tertiary/aromatic N) is 4. The molecule has 0 radical (unpaired) electrons. The third-order valence-electron chi connectivity index (χ3n) is 9.02. The molecular weight excluding hydrogens is 552 g/mol. The van der Waals surface area contributed by atoms with Gasteiger partial charge in [0.1, 0.15) is 17.0 Å². The quantitative estimate of drug-likeness (QED) is 0.533. The summed E-state index contributed by atoms with van der Waals surface area (Å²) in [6.45, 7) is 0.922. The summed E-state index contributed by atoms with van der Waals surface area (Å²) >= 11 is 0. The predicted octanol–water partition coefficient (Wildman–Crippen LogP) is 4.26. The van der Waals surface area contributed by atoms with Gasteiger partial charge >= 0.3 is 0 Å². The number of oxazole rings is 1. The van der Waals surface area contributed by atoms with Gasteiger partial charge in [-0.25, -0.2) is 17.2 Å². The molecule has 2 atom stereocenters. The number of nitrogens with one attached hydrogen (secondary N) is 1. The molecule has 1 amide bonds. The van der Waals surface area contributed by atoms with E-state index in [9.17, 15) is 27.3 Å². The van der Waals surface area contributed by atoms with Gasteiger partial charge in [0.05, 0.1) is 17.6 Å². The number of anilines is 2. The summed E-state index contributed by atoms with van der Waals surface area (Å²) in [4.78, 5) is 22.2. The number of hydrogen-bond donors (Lipinski definition) is 1. The maximum atomic E-state index is 14.0. The second kappa shape index (κ2) is 10.6. The Kier molecular flexibility index (Phi) is 7.20. The van der Waals surface area contributed by atoms with Crippen LogP contribution in [-0.2, 0) is 14.6 Å². The summed E-state index contributed by atoms with van der Waals surface area (Å²) in [6.07, 6.45) is 3.83. The molecular formula is C29H35F2N5O4S. The van der Waals surface area contributed by atoms with Crippen LogP contribution in [0.25, 0.3) is 11.3 Å². The van der Waals surface area contributed by atoms with Crippen molar-refractivity contribution in [3.05, 3.63) is 30.0 Å². The minimum Gasteiger partial charge on any atom is -0.428 e. The number of carbonyl (C=O) groups is 1. The number of carbonyl (C=O) groups excluding carboxylic acids is 1. The molecule has 3 heterocycles. The molecule has 0 unspecified atom stereocenters. The molecule has 2 aliphatic heterocycles. The van der Waals surface area contributed by atoms with E-state index in [1.54, 1.807) is 4.90 Å². The van der Waals surface area contributed by atoms with Gasteiger partial charge < -0.3 is 19.5 Å². The van der Waals surface area contributed by atoms with Crippen LogP contribution in [0.1, 0.15) is 63.0 Å². The van der Waals surface area contributed by atoms with Crippen molar-refractivity contribution < 1.29 is 26.4 Å². The highest BCUT2D eigenvalue weighted by Crippen LogP contribution is 2.46. The van der Waals surface area contributed by atoms with Crippen LogP contribution >= 0.6 is 0 Å². The van der Waals surface area contributed by atoms with E-state index in [-0.39, 0.29) is 55.3 Å². The number of aromatic nitrogens is 1. The summed E-state index contributed by atoms with van der Waals surface area (Å²) in [5.74, 6) is -2.91. The number of halogens is 2. The number of hydrogen-bond acceptors (Lipinski definition) is 8. The normalized spacial score (nSPS) is 26.7. The molecule has 9 nitrogen and oxygen atoms in total. The maximum absolute atomic E-state index is 14.0. The van der Waals surface area contributed by atoms with Crippen molar-refractivity contribution in [2.45, 2.75) is 68.7 Å². The molecule has 2 saturated carbocycles. The average molecular weight is 588 g/mol. The first kappa shape index (κ1) is 27.9. The van der Waals surface area contributed by atoms with Crippen LogP contribution in [0.3, 0.4) is 0 Å². The Morgan fingerprint density at radius 3 is 2.39 bits per heavy atom. The Bertz CT molecular complexity index is 1440. The van der Waals surface area contributed by atoms with Gasteiger partial charge in [0.25, 0.3) is 11.9 Å². The zero-order valence-electron chi connectivity index (χ0n) is 22.9. The van der Waals surface area contributed by atoms with Gasteiger partial charge in [0.2, 0.25) is 5.91 Å². The summed E-state index contributed by atoms with van der Waals surface area (Å²) in [6, 6.07) is 10.1. The van der Waals surface area contributed by atoms with Crippen LogP contribution in [0.2, 0.25) is 0 Å². The molecule has 6 rings (SSSR count). The van der Waals surface area contributed by atoms with Gasteiger partial charge in [0, 0.05) is 62.1 Å². The lowest BCUT2D eigenvalue weighted by Crippen LogP contribution is -2.42. The second-order valence-corrected chi connectivity index (χ2v) is 14.2. The number of alkyl halides is 2. The molecule has 2 aromatic rings. The number of amides is 1. The Labute approximate surface area is 238 Å². The second-order valence-electron chi connectivity index (χ2n) is 11.9. The minimum atomic E-state index is -3.09. The summed E-state index contributed by atoms with van der Waals surface area (Å²) in [5.41, 5.74) is 1.37. The minimum absolute atomic E-state index is 0.0613. The van der Waals surface area contributed by atoms with Crippen LogP contribution in [0.4, 0.5) is 20.5 Å². The fourth-order valence-electron chi connectivity index (χ4n) is 6.30. The number of sulfone groups is 1. The van der Waals surface area contributed by atoms with Crippen molar-refractivity contribution in [1.29, 1.82) is 5.26 Å². The summed E-state index contributed by atoms with van der Waals surface area (Å²) in [7, 11) is -3.09. The first-order valence-electron chi connectivity index (χ1n) is 14.5. The van der Waals surface area contributed by atoms with Gasteiger partial charge in [0.15, 0.2) is 9.84 Å². The van der Waals surface area contributed by atoms with E-state index in [1.807, 2.05) is 29.2 Å². The number of para-hydroxylation sites is 1. The number of rotatable bonds is 6. The number of piperidine rings is 1. The molecule has 1 aromatic heterocycles. The highest BCUT2D eigenvalue weighted by atomic mass is 32.2. The lowest BCUT2D eigenvalue weighted by molar-refractivity contribution is -0.127. The van der Waals surface area contributed by atoms with E-state index in [4.69, 9.17) is 9.40 Å².